The van der Waals surface area contributed by atoms with E-state index in [-0.39, 0.29) is 18.4 Å². The number of amides is 2. The number of aryl methyl sites for hydroxylation is 1. The second-order valence-electron chi connectivity index (χ2n) is 6.13. The Balaban J connectivity index is 1.83. The highest BCUT2D eigenvalue weighted by Gasteiger charge is 2.16. The summed E-state index contributed by atoms with van der Waals surface area (Å²) in [7, 11) is 1.55. The van der Waals surface area contributed by atoms with E-state index < -0.39 is 0 Å². The van der Waals surface area contributed by atoms with Crippen LogP contribution in [0.3, 0.4) is 0 Å². The highest BCUT2D eigenvalue weighted by atomic mass is 32.2. The van der Waals surface area contributed by atoms with E-state index in [9.17, 15) is 9.59 Å². The molecule has 0 aromatic heterocycles. The molecular weight excluding hydrogens is 360 g/mol. The number of carbonyl (C=O) groups excluding carboxylic acids is 2. The minimum absolute atomic E-state index is 0.0263. The first-order valence-electron chi connectivity index (χ1n) is 8.87. The molecule has 1 N–H and O–H groups in total. The van der Waals surface area contributed by atoms with Gasteiger partial charge in [0.2, 0.25) is 11.8 Å². The third-order valence-electron chi connectivity index (χ3n) is 4.06. The van der Waals surface area contributed by atoms with Gasteiger partial charge < -0.3 is 15.0 Å². The summed E-state index contributed by atoms with van der Waals surface area (Å²) in [5.41, 5.74) is 3.01. The first kappa shape index (κ1) is 20.8. The van der Waals surface area contributed by atoms with Crippen LogP contribution in [-0.4, -0.2) is 42.7 Å². The minimum Gasteiger partial charge on any atom is -0.495 e. The summed E-state index contributed by atoms with van der Waals surface area (Å²) in [5.74, 6) is 1.44. The Kier molecular flexibility index (Phi) is 8.20. The van der Waals surface area contributed by atoms with Crippen LogP contribution in [0.2, 0.25) is 0 Å². The highest BCUT2D eigenvalue weighted by molar-refractivity contribution is 7.99. The molecule has 0 bridgehead atoms. The highest BCUT2D eigenvalue weighted by Crippen LogP contribution is 2.22. The van der Waals surface area contributed by atoms with Crippen molar-refractivity contribution in [2.75, 3.05) is 31.3 Å². The van der Waals surface area contributed by atoms with Crippen LogP contribution in [0.15, 0.2) is 48.5 Å². The van der Waals surface area contributed by atoms with Crippen molar-refractivity contribution in [3.05, 3.63) is 59.7 Å². The maximum atomic E-state index is 12.4. The lowest BCUT2D eigenvalue weighted by Gasteiger charge is -2.20. The van der Waals surface area contributed by atoms with E-state index in [1.807, 2.05) is 19.1 Å². The van der Waals surface area contributed by atoms with Crippen molar-refractivity contribution in [2.24, 2.45) is 0 Å². The summed E-state index contributed by atoms with van der Waals surface area (Å²) in [6.45, 7) is 4.44. The minimum atomic E-state index is -0.238. The quantitative estimate of drug-likeness (QED) is 0.713. The van der Waals surface area contributed by atoms with Crippen molar-refractivity contribution in [3.63, 3.8) is 0 Å². The molecule has 0 saturated heterocycles. The average Bonchev–Trinajstić information content (AvgIpc) is 2.68. The van der Waals surface area contributed by atoms with Gasteiger partial charge in [-0.1, -0.05) is 42.0 Å². The number of benzene rings is 2. The molecule has 0 aliphatic rings. The first-order valence-corrected chi connectivity index (χ1v) is 10.0. The van der Waals surface area contributed by atoms with Gasteiger partial charge in [0, 0.05) is 12.3 Å². The third kappa shape index (κ3) is 6.64. The SMILES string of the molecule is CCN(CC(=O)Nc1ccccc1OC)C(=O)CSCc1ccc(C)cc1. The Hall–Kier alpha value is -2.47. The molecule has 0 fully saturated rings. The monoisotopic (exact) mass is 386 g/mol. The molecule has 27 heavy (non-hydrogen) atoms. The van der Waals surface area contributed by atoms with Crippen LogP contribution < -0.4 is 10.1 Å². The number of ether oxygens (including phenoxy) is 1. The number of anilines is 1. The lowest BCUT2D eigenvalue weighted by Crippen LogP contribution is -2.38. The van der Waals surface area contributed by atoms with Crippen LogP contribution in [0.1, 0.15) is 18.1 Å². The number of hydrogen-bond acceptors (Lipinski definition) is 4. The van der Waals surface area contributed by atoms with Gasteiger partial charge in [-0.3, -0.25) is 9.59 Å². The maximum absolute atomic E-state index is 12.4. The molecule has 0 aliphatic heterocycles. The lowest BCUT2D eigenvalue weighted by molar-refractivity contribution is -0.132. The molecule has 144 valence electrons. The molecule has 2 amide bonds. The largest absolute Gasteiger partial charge is 0.495 e. The Morgan fingerprint density at radius 3 is 2.48 bits per heavy atom. The van der Waals surface area contributed by atoms with Gasteiger partial charge in [0.25, 0.3) is 0 Å². The molecule has 2 rings (SSSR count). The fraction of sp³-hybridized carbons (Fsp3) is 0.333. The smallest absolute Gasteiger partial charge is 0.244 e. The van der Waals surface area contributed by atoms with E-state index in [2.05, 4.69) is 36.5 Å². The van der Waals surface area contributed by atoms with Gasteiger partial charge in [-0.05, 0) is 31.5 Å². The molecule has 0 spiro atoms. The van der Waals surface area contributed by atoms with Gasteiger partial charge in [0.15, 0.2) is 0 Å². The lowest BCUT2D eigenvalue weighted by atomic mass is 10.2. The van der Waals surface area contributed by atoms with Crippen molar-refractivity contribution >= 4 is 29.3 Å². The van der Waals surface area contributed by atoms with E-state index in [0.717, 1.165) is 5.75 Å². The Labute approximate surface area is 165 Å². The van der Waals surface area contributed by atoms with Crippen LogP contribution in [0.4, 0.5) is 5.69 Å². The van der Waals surface area contributed by atoms with Gasteiger partial charge in [-0.25, -0.2) is 0 Å². The van der Waals surface area contributed by atoms with Gasteiger partial charge in [0.05, 0.1) is 25.1 Å². The third-order valence-corrected chi connectivity index (χ3v) is 5.05. The molecule has 0 heterocycles. The molecule has 0 unspecified atom stereocenters. The summed E-state index contributed by atoms with van der Waals surface area (Å²) in [6.07, 6.45) is 0. The predicted octanol–water partition coefficient (Wildman–Crippen LogP) is 3.72. The first-order chi connectivity index (χ1) is 13.0. The summed E-state index contributed by atoms with van der Waals surface area (Å²) < 4.78 is 5.23. The van der Waals surface area contributed by atoms with Crippen LogP contribution in [0.25, 0.3) is 0 Å². The van der Waals surface area contributed by atoms with Crippen LogP contribution >= 0.6 is 11.8 Å². The number of likely N-dealkylation sites (N-methyl/N-ethyl adjacent to an activating group) is 1. The van der Waals surface area contributed by atoms with Crippen molar-refractivity contribution in [1.82, 2.24) is 4.90 Å². The van der Waals surface area contributed by atoms with Gasteiger partial charge in [-0.2, -0.15) is 0 Å². The van der Waals surface area contributed by atoms with Crippen molar-refractivity contribution < 1.29 is 14.3 Å². The molecule has 2 aromatic rings. The molecule has 5 nitrogen and oxygen atoms in total. The number of nitrogens with zero attached hydrogens (tertiary/aromatic N) is 1. The van der Waals surface area contributed by atoms with Crippen molar-refractivity contribution in [3.8, 4) is 5.75 Å². The number of nitrogens with one attached hydrogen (secondary N) is 1. The standard InChI is InChI=1S/C21H26N2O3S/c1-4-23(13-20(24)22-18-7-5-6-8-19(18)26-3)21(25)15-27-14-17-11-9-16(2)10-12-17/h5-12H,4,13-15H2,1-3H3,(H,22,24). The fourth-order valence-corrected chi connectivity index (χ4v) is 3.41. The summed E-state index contributed by atoms with van der Waals surface area (Å²) in [4.78, 5) is 26.3. The molecule has 0 saturated carbocycles. The molecular formula is C21H26N2O3S. The fourth-order valence-electron chi connectivity index (χ4n) is 2.52. The van der Waals surface area contributed by atoms with E-state index >= 15 is 0 Å². The zero-order chi connectivity index (χ0) is 19.6. The van der Waals surface area contributed by atoms with E-state index in [1.165, 1.54) is 11.1 Å². The van der Waals surface area contributed by atoms with Crippen LogP contribution in [0, 0.1) is 6.92 Å². The van der Waals surface area contributed by atoms with Gasteiger partial charge >= 0.3 is 0 Å². The second kappa shape index (κ2) is 10.6. The Morgan fingerprint density at radius 1 is 1.11 bits per heavy atom. The number of carbonyl (C=O) groups is 2. The van der Waals surface area contributed by atoms with E-state index in [0.29, 0.717) is 23.7 Å². The molecule has 0 radical (unpaired) electrons. The predicted molar refractivity (Wildman–Crippen MR) is 111 cm³/mol. The average molecular weight is 387 g/mol. The summed E-state index contributed by atoms with van der Waals surface area (Å²) in [5, 5.41) is 2.80. The van der Waals surface area contributed by atoms with Crippen molar-refractivity contribution in [2.45, 2.75) is 19.6 Å². The zero-order valence-electron chi connectivity index (χ0n) is 16.0. The second-order valence-corrected chi connectivity index (χ2v) is 7.12. The number of hydrogen-bond donors (Lipinski definition) is 1. The maximum Gasteiger partial charge on any atom is 0.244 e. The summed E-state index contributed by atoms with van der Waals surface area (Å²) >= 11 is 1.56. The zero-order valence-corrected chi connectivity index (χ0v) is 16.8. The van der Waals surface area contributed by atoms with Crippen molar-refractivity contribution in [1.29, 1.82) is 0 Å². The molecule has 0 aliphatic carbocycles. The normalized spacial score (nSPS) is 10.3. The Morgan fingerprint density at radius 2 is 1.81 bits per heavy atom. The van der Waals surface area contributed by atoms with Gasteiger partial charge in [-0.15, -0.1) is 11.8 Å². The molecule has 6 heteroatoms. The van der Waals surface area contributed by atoms with Crippen LogP contribution in [-0.2, 0) is 15.3 Å². The van der Waals surface area contributed by atoms with Crippen LogP contribution in [0.5, 0.6) is 5.75 Å². The van der Waals surface area contributed by atoms with E-state index in [1.54, 1.807) is 35.9 Å². The van der Waals surface area contributed by atoms with Gasteiger partial charge in [0.1, 0.15) is 5.75 Å². The number of para-hydroxylation sites is 2. The number of rotatable bonds is 9. The molecule has 0 atom stereocenters. The topological polar surface area (TPSA) is 58.6 Å². The summed E-state index contributed by atoms with van der Waals surface area (Å²) in [6, 6.07) is 15.5. The number of thioether (sulfide) groups is 1. The Bertz CT molecular complexity index is 762. The van der Waals surface area contributed by atoms with E-state index in [4.69, 9.17) is 4.74 Å². The molecule has 2 aromatic carbocycles. The number of methoxy groups -OCH3 is 1.